The quantitative estimate of drug-likeness (QED) is 0.838. The van der Waals surface area contributed by atoms with Crippen LogP contribution in [0.15, 0.2) is 12.1 Å². The van der Waals surface area contributed by atoms with Crippen molar-refractivity contribution in [3.8, 4) is 0 Å². The summed E-state index contributed by atoms with van der Waals surface area (Å²) in [6.45, 7) is 6.01. The molecule has 1 unspecified atom stereocenters. The van der Waals surface area contributed by atoms with Gasteiger partial charge in [-0.15, -0.1) is 0 Å². The van der Waals surface area contributed by atoms with Crippen molar-refractivity contribution >= 4 is 5.69 Å². The van der Waals surface area contributed by atoms with Crippen LogP contribution in [0.1, 0.15) is 20.3 Å². The largest absolute Gasteiger partial charge is 0.381 e. The zero-order chi connectivity index (χ0) is 13.3. The lowest BCUT2D eigenvalue weighted by molar-refractivity contribution is 0.274. The molecular formula is C13H17F3N2. The van der Waals surface area contributed by atoms with Crippen molar-refractivity contribution in [3.05, 3.63) is 29.6 Å². The molecule has 0 aromatic heterocycles. The highest BCUT2D eigenvalue weighted by Crippen LogP contribution is 2.21. The number of likely N-dealkylation sites (tertiary alicyclic amines) is 1. The summed E-state index contributed by atoms with van der Waals surface area (Å²) in [5, 5.41) is 3.05. The molecule has 1 atom stereocenters. The monoisotopic (exact) mass is 258 g/mol. The molecule has 1 aliphatic heterocycles. The molecule has 2 rings (SSSR count). The molecule has 0 spiro atoms. The van der Waals surface area contributed by atoms with Crippen LogP contribution in [-0.2, 0) is 0 Å². The summed E-state index contributed by atoms with van der Waals surface area (Å²) in [6, 6.07) is 2.60. The topological polar surface area (TPSA) is 15.3 Å². The smallest absolute Gasteiger partial charge is 0.194 e. The van der Waals surface area contributed by atoms with Gasteiger partial charge in [0, 0.05) is 43.0 Å². The first-order valence-electron chi connectivity index (χ1n) is 6.12. The number of nitrogens with one attached hydrogen (secondary N) is 1. The van der Waals surface area contributed by atoms with Gasteiger partial charge in [-0.1, -0.05) is 0 Å². The Morgan fingerprint density at radius 2 is 1.83 bits per heavy atom. The zero-order valence-electron chi connectivity index (χ0n) is 10.5. The third-order valence-electron chi connectivity index (χ3n) is 3.30. The molecule has 0 bridgehead atoms. The summed E-state index contributed by atoms with van der Waals surface area (Å²) >= 11 is 0. The van der Waals surface area contributed by atoms with E-state index in [1.54, 1.807) is 0 Å². The summed E-state index contributed by atoms with van der Waals surface area (Å²) in [5.74, 6) is -3.73. The molecule has 1 fully saturated rings. The van der Waals surface area contributed by atoms with E-state index in [0.717, 1.165) is 31.6 Å². The lowest BCUT2D eigenvalue weighted by Gasteiger charge is -2.20. The van der Waals surface area contributed by atoms with Crippen molar-refractivity contribution < 1.29 is 13.2 Å². The molecule has 0 saturated carbocycles. The lowest BCUT2D eigenvalue weighted by Crippen LogP contribution is -2.31. The number of hydrogen-bond donors (Lipinski definition) is 1. The van der Waals surface area contributed by atoms with E-state index in [0.29, 0.717) is 11.7 Å². The van der Waals surface area contributed by atoms with Gasteiger partial charge in [-0.3, -0.25) is 4.90 Å². The Hall–Kier alpha value is -1.23. The first-order chi connectivity index (χ1) is 8.47. The summed E-state index contributed by atoms with van der Waals surface area (Å²) in [7, 11) is 0. The molecule has 1 aromatic rings. The minimum atomic E-state index is -1.42. The molecule has 2 nitrogen and oxygen atoms in total. The molecule has 18 heavy (non-hydrogen) atoms. The highest BCUT2D eigenvalue weighted by molar-refractivity contribution is 5.45. The van der Waals surface area contributed by atoms with E-state index in [1.165, 1.54) is 0 Å². The van der Waals surface area contributed by atoms with Crippen LogP contribution in [0.4, 0.5) is 18.9 Å². The molecular weight excluding hydrogens is 241 g/mol. The average Bonchev–Trinajstić information content (AvgIpc) is 2.74. The third kappa shape index (κ3) is 2.77. The Bertz CT molecular complexity index is 411. The molecule has 100 valence electrons. The van der Waals surface area contributed by atoms with Crippen molar-refractivity contribution in [1.82, 2.24) is 4.90 Å². The predicted molar refractivity (Wildman–Crippen MR) is 65.1 cm³/mol. The SMILES string of the molecule is CC(C)N1CCC(Nc2cc(F)c(F)c(F)c2)C1. The van der Waals surface area contributed by atoms with E-state index in [1.807, 2.05) is 0 Å². The average molecular weight is 258 g/mol. The van der Waals surface area contributed by atoms with Gasteiger partial charge >= 0.3 is 0 Å². The number of benzene rings is 1. The molecule has 0 aliphatic carbocycles. The maximum atomic E-state index is 13.1. The van der Waals surface area contributed by atoms with Crippen LogP contribution in [0.2, 0.25) is 0 Å². The summed E-state index contributed by atoms with van der Waals surface area (Å²) in [5.41, 5.74) is 0.294. The number of nitrogens with zero attached hydrogens (tertiary/aromatic N) is 1. The normalized spacial score (nSPS) is 20.7. The highest BCUT2D eigenvalue weighted by Gasteiger charge is 2.24. The zero-order valence-corrected chi connectivity index (χ0v) is 10.5. The van der Waals surface area contributed by atoms with Gasteiger partial charge in [0.15, 0.2) is 17.5 Å². The summed E-state index contributed by atoms with van der Waals surface area (Å²) in [4.78, 5) is 2.29. The fraction of sp³-hybridized carbons (Fsp3) is 0.538. The Kier molecular flexibility index (Phi) is 3.80. The summed E-state index contributed by atoms with van der Waals surface area (Å²) in [6.07, 6.45) is 0.915. The van der Waals surface area contributed by atoms with Crippen molar-refractivity contribution in [3.63, 3.8) is 0 Å². The molecule has 0 amide bonds. The van der Waals surface area contributed by atoms with Crippen molar-refractivity contribution in [2.75, 3.05) is 18.4 Å². The predicted octanol–water partition coefficient (Wildman–Crippen LogP) is 3.00. The molecule has 1 N–H and O–H groups in total. The molecule has 0 radical (unpaired) electrons. The first kappa shape index (κ1) is 13.2. The van der Waals surface area contributed by atoms with Crippen molar-refractivity contribution in [2.45, 2.75) is 32.4 Å². The van der Waals surface area contributed by atoms with Gasteiger partial charge in [0.1, 0.15) is 0 Å². The minimum absolute atomic E-state index is 0.150. The van der Waals surface area contributed by atoms with E-state index >= 15 is 0 Å². The Morgan fingerprint density at radius 1 is 1.22 bits per heavy atom. The second kappa shape index (κ2) is 5.18. The Labute approximate surface area is 105 Å². The first-order valence-corrected chi connectivity index (χ1v) is 6.12. The van der Waals surface area contributed by atoms with E-state index in [9.17, 15) is 13.2 Å². The lowest BCUT2D eigenvalue weighted by atomic mass is 10.2. The molecule has 1 saturated heterocycles. The van der Waals surface area contributed by atoms with Crippen LogP contribution in [0, 0.1) is 17.5 Å². The van der Waals surface area contributed by atoms with Gasteiger partial charge in [0.2, 0.25) is 0 Å². The van der Waals surface area contributed by atoms with Gasteiger partial charge in [0.25, 0.3) is 0 Å². The van der Waals surface area contributed by atoms with E-state index in [4.69, 9.17) is 0 Å². The van der Waals surface area contributed by atoms with Crippen LogP contribution >= 0.6 is 0 Å². The Balaban J connectivity index is 2.03. The maximum absolute atomic E-state index is 13.1. The highest BCUT2D eigenvalue weighted by atomic mass is 19.2. The van der Waals surface area contributed by atoms with E-state index in [2.05, 4.69) is 24.1 Å². The minimum Gasteiger partial charge on any atom is -0.381 e. The number of anilines is 1. The maximum Gasteiger partial charge on any atom is 0.194 e. The van der Waals surface area contributed by atoms with Crippen LogP contribution in [0.5, 0.6) is 0 Å². The number of hydrogen-bond acceptors (Lipinski definition) is 2. The Morgan fingerprint density at radius 3 is 2.33 bits per heavy atom. The van der Waals surface area contributed by atoms with Gasteiger partial charge < -0.3 is 5.32 Å². The van der Waals surface area contributed by atoms with Crippen molar-refractivity contribution in [2.24, 2.45) is 0 Å². The van der Waals surface area contributed by atoms with Crippen LogP contribution in [-0.4, -0.2) is 30.1 Å². The second-order valence-corrected chi connectivity index (χ2v) is 4.97. The van der Waals surface area contributed by atoms with Gasteiger partial charge in [-0.25, -0.2) is 13.2 Å². The molecule has 1 aliphatic rings. The third-order valence-corrected chi connectivity index (χ3v) is 3.30. The van der Waals surface area contributed by atoms with Crippen LogP contribution in [0.25, 0.3) is 0 Å². The van der Waals surface area contributed by atoms with E-state index < -0.39 is 17.5 Å². The van der Waals surface area contributed by atoms with Crippen LogP contribution in [0.3, 0.4) is 0 Å². The number of halogens is 3. The summed E-state index contributed by atoms with van der Waals surface area (Å²) < 4.78 is 38.9. The molecule has 5 heteroatoms. The second-order valence-electron chi connectivity index (χ2n) is 4.97. The van der Waals surface area contributed by atoms with Gasteiger partial charge in [0.05, 0.1) is 0 Å². The fourth-order valence-electron chi connectivity index (χ4n) is 2.25. The van der Waals surface area contributed by atoms with Gasteiger partial charge in [-0.2, -0.15) is 0 Å². The van der Waals surface area contributed by atoms with Crippen LogP contribution < -0.4 is 5.32 Å². The van der Waals surface area contributed by atoms with Crippen molar-refractivity contribution in [1.29, 1.82) is 0 Å². The standard InChI is InChI=1S/C13H17F3N2/c1-8(2)18-4-3-9(7-18)17-10-5-11(14)13(16)12(15)6-10/h5-6,8-9,17H,3-4,7H2,1-2H3. The molecule has 1 aromatic carbocycles. The fourth-order valence-corrected chi connectivity index (χ4v) is 2.25. The molecule has 1 heterocycles. The van der Waals surface area contributed by atoms with E-state index in [-0.39, 0.29) is 6.04 Å². The van der Waals surface area contributed by atoms with Gasteiger partial charge in [-0.05, 0) is 20.3 Å². The number of rotatable bonds is 3.